The highest BCUT2D eigenvalue weighted by Gasteiger charge is 2.25. The molecule has 3 aromatic carbocycles. The number of aromatic nitrogens is 1. The van der Waals surface area contributed by atoms with E-state index in [1.54, 1.807) is 21.3 Å². The predicted molar refractivity (Wildman–Crippen MR) is 156 cm³/mol. The van der Waals surface area contributed by atoms with Gasteiger partial charge in [0, 0.05) is 41.2 Å². The van der Waals surface area contributed by atoms with Crippen molar-refractivity contribution in [1.29, 1.82) is 0 Å². The number of hydrogen-bond acceptors (Lipinski definition) is 6. The first-order valence-corrected chi connectivity index (χ1v) is 13.7. The lowest BCUT2D eigenvalue weighted by Gasteiger charge is -2.27. The normalized spacial score (nSPS) is 14.8. The number of ether oxygens (including phenoxy) is 4. The topological polar surface area (TPSA) is 70.1 Å². The van der Waals surface area contributed by atoms with Crippen LogP contribution in [-0.2, 0) is 22.5 Å². The summed E-state index contributed by atoms with van der Waals surface area (Å²) in [5.41, 5.74) is 4.22. The fourth-order valence-corrected chi connectivity index (χ4v) is 5.26. The molecular weight excluding hydrogens is 528 g/mol. The Balaban J connectivity index is 1.53. The number of methoxy groups -OCH3 is 3. The Bertz CT molecular complexity index is 1490. The highest BCUT2D eigenvalue weighted by molar-refractivity contribution is 6.31. The van der Waals surface area contributed by atoms with Crippen LogP contribution in [0.4, 0.5) is 0 Å². The van der Waals surface area contributed by atoms with Crippen LogP contribution in [0.5, 0.6) is 17.2 Å². The average molecular weight is 561 g/mol. The maximum absolute atomic E-state index is 13.9. The van der Waals surface area contributed by atoms with E-state index >= 15 is 0 Å². The highest BCUT2D eigenvalue weighted by atomic mass is 35.5. The van der Waals surface area contributed by atoms with Crippen LogP contribution in [0.2, 0.25) is 5.02 Å². The number of carbonyl (C=O) groups is 1. The molecule has 208 valence electrons. The van der Waals surface area contributed by atoms with Gasteiger partial charge in [-0.3, -0.25) is 4.79 Å². The summed E-state index contributed by atoms with van der Waals surface area (Å²) in [6.07, 6.45) is 2.08. The van der Waals surface area contributed by atoms with Crippen molar-refractivity contribution in [3.05, 3.63) is 82.9 Å². The van der Waals surface area contributed by atoms with E-state index in [1.165, 1.54) is 0 Å². The molecule has 0 aliphatic carbocycles. The van der Waals surface area contributed by atoms with E-state index in [0.29, 0.717) is 36.2 Å². The summed E-state index contributed by atoms with van der Waals surface area (Å²) >= 11 is 6.30. The number of amides is 1. The van der Waals surface area contributed by atoms with Crippen molar-refractivity contribution in [3.63, 3.8) is 0 Å². The van der Waals surface area contributed by atoms with E-state index in [2.05, 4.69) is 6.07 Å². The lowest BCUT2D eigenvalue weighted by Crippen LogP contribution is -2.38. The number of rotatable bonds is 10. The first-order chi connectivity index (χ1) is 19.5. The van der Waals surface area contributed by atoms with Gasteiger partial charge in [0.1, 0.15) is 17.2 Å². The largest absolute Gasteiger partial charge is 0.497 e. The van der Waals surface area contributed by atoms with Gasteiger partial charge < -0.3 is 23.8 Å². The van der Waals surface area contributed by atoms with Crippen molar-refractivity contribution in [2.24, 2.45) is 0 Å². The zero-order chi connectivity index (χ0) is 28.1. The Morgan fingerprint density at radius 1 is 0.950 bits per heavy atom. The number of pyridine rings is 1. The molecule has 0 N–H and O–H groups in total. The second-order valence-corrected chi connectivity index (χ2v) is 10.3. The minimum atomic E-state index is -0.0288. The predicted octanol–water partition coefficient (Wildman–Crippen LogP) is 6.33. The van der Waals surface area contributed by atoms with Gasteiger partial charge in [-0.15, -0.1) is 0 Å². The lowest BCUT2D eigenvalue weighted by atomic mass is 10.0. The molecular formula is C32H33ClN2O5. The molecule has 7 nitrogen and oxygen atoms in total. The third-order valence-corrected chi connectivity index (χ3v) is 7.45. The molecule has 40 heavy (non-hydrogen) atoms. The van der Waals surface area contributed by atoms with Crippen molar-refractivity contribution >= 4 is 28.4 Å². The first kappa shape index (κ1) is 27.7. The summed E-state index contributed by atoms with van der Waals surface area (Å²) in [5, 5.41) is 1.58. The van der Waals surface area contributed by atoms with Crippen LogP contribution in [0.1, 0.15) is 24.0 Å². The molecule has 0 bridgehead atoms. The van der Waals surface area contributed by atoms with Gasteiger partial charge in [-0.2, -0.15) is 0 Å². The van der Waals surface area contributed by atoms with Gasteiger partial charge in [-0.05, 0) is 79.1 Å². The van der Waals surface area contributed by atoms with Crippen LogP contribution >= 0.6 is 11.6 Å². The number of fused-ring (bicyclic) bond motifs is 1. The van der Waals surface area contributed by atoms with Crippen molar-refractivity contribution < 1.29 is 23.7 Å². The van der Waals surface area contributed by atoms with E-state index in [1.807, 2.05) is 65.6 Å². The van der Waals surface area contributed by atoms with Crippen molar-refractivity contribution in [2.75, 3.05) is 34.5 Å². The van der Waals surface area contributed by atoms with E-state index in [-0.39, 0.29) is 18.4 Å². The Morgan fingerprint density at radius 2 is 1.73 bits per heavy atom. The van der Waals surface area contributed by atoms with E-state index in [4.69, 9.17) is 35.5 Å². The van der Waals surface area contributed by atoms with Crippen molar-refractivity contribution in [2.45, 2.75) is 31.9 Å². The molecule has 5 rings (SSSR count). The summed E-state index contributed by atoms with van der Waals surface area (Å²) in [5.74, 6) is 2.05. The fraction of sp³-hybridized carbons (Fsp3) is 0.312. The Labute approximate surface area is 239 Å². The monoisotopic (exact) mass is 560 g/mol. The van der Waals surface area contributed by atoms with Gasteiger partial charge in [0.2, 0.25) is 5.91 Å². The highest BCUT2D eigenvalue weighted by Crippen LogP contribution is 2.31. The van der Waals surface area contributed by atoms with Crippen LogP contribution in [0.15, 0.2) is 66.7 Å². The molecule has 0 radical (unpaired) electrons. The molecule has 0 saturated carbocycles. The summed E-state index contributed by atoms with van der Waals surface area (Å²) in [6, 6.07) is 21.1. The van der Waals surface area contributed by atoms with Gasteiger partial charge >= 0.3 is 0 Å². The molecule has 1 aromatic heterocycles. The number of hydrogen-bond donors (Lipinski definition) is 0. The van der Waals surface area contributed by atoms with Crippen LogP contribution in [0.3, 0.4) is 0 Å². The van der Waals surface area contributed by atoms with Gasteiger partial charge in [0.25, 0.3) is 0 Å². The van der Waals surface area contributed by atoms with Crippen LogP contribution < -0.4 is 14.2 Å². The molecule has 1 fully saturated rings. The molecule has 8 heteroatoms. The molecule has 0 spiro atoms. The second kappa shape index (κ2) is 12.6. The number of halogens is 1. The fourth-order valence-electron chi connectivity index (χ4n) is 5.09. The van der Waals surface area contributed by atoms with Crippen molar-refractivity contribution in [1.82, 2.24) is 9.88 Å². The molecule has 1 aliphatic heterocycles. The zero-order valence-electron chi connectivity index (χ0n) is 23.0. The lowest BCUT2D eigenvalue weighted by molar-refractivity contribution is -0.132. The van der Waals surface area contributed by atoms with Crippen LogP contribution in [0, 0.1) is 0 Å². The molecule has 0 unspecified atom stereocenters. The third kappa shape index (κ3) is 6.32. The third-order valence-electron chi connectivity index (χ3n) is 7.21. The van der Waals surface area contributed by atoms with Crippen molar-refractivity contribution in [3.8, 4) is 28.5 Å². The van der Waals surface area contributed by atoms with E-state index in [9.17, 15) is 4.79 Å². The van der Waals surface area contributed by atoms with Gasteiger partial charge in [0.05, 0.1) is 45.1 Å². The quantitative estimate of drug-likeness (QED) is 0.226. The number of nitrogens with zero attached hydrogens (tertiary/aromatic N) is 2. The van der Waals surface area contributed by atoms with Crippen LogP contribution in [-0.4, -0.2) is 56.4 Å². The molecule has 4 aromatic rings. The maximum atomic E-state index is 13.9. The van der Waals surface area contributed by atoms with Gasteiger partial charge in [-0.1, -0.05) is 17.7 Å². The summed E-state index contributed by atoms with van der Waals surface area (Å²) in [4.78, 5) is 20.8. The molecule has 1 amide bonds. The molecule has 2 heterocycles. The maximum Gasteiger partial charge on any atom is 0.227 e. The molecule has 1 atom stereocenters. The van der Waals surface area contributed by atoms with E-state index < -0.39 is 0 Å². The number of benzene rings is 3. The van der Waals surface area contributed by atoms with E-state index in [0.717, 1.165) is 51.9 Å². The smallest absolute Gasteiger partial charge is 0.227 e. The summed E-state index contributed by atoms with van der Waals surface area (Å²) in [6.45, 7) is 1.58. The molecule has 1 saturated heterocycles. The average Bonchev–Trinajstić information content (AvgIpc) is 3.50. The minimum Gasteiger partial charge on any atom is -0.497 e. The Morgan fingerprint density at radius 3 is 2.42 bits per heavy atom. The zero-order valence-corrected chi connectivity index (χ0v) is 23.7. The standard InChI is InChI=1S/C32H33ClN2O5/c1-37-26-10-7-21(8-11-26)32-24(15-22-6-9-25(33)18-29(22)34-32)19-35(20-28-5-4-14-40-28)31(36)17-23-16-27(38-2)12-13-30(23)39-3/h6-13,15-16,18,28H,4-5,14,17,19-20H2,1-3H3/t28-/m0/s1. The second-order valence-electron chi connectivity index (χ2n) is 9.83. The summed E-state index contributed by atoms with van der Waals surface area (Å²) in [7, 11) is 4.86. The SMILES string of the molecule is COc1ccc(-c2nc3cc(Cl)ccc3cc2CN(C[C@@H]2CCCO2)C(=O)Cc2cc(OC)ccc2OC)cc1. The first-order valence-electron chi connectivity index (χ1n) is 13.3. The Hall–Kier alpha value is -3.81. The number of carbonyl (C=O) groups excluding carboxylic acids is 1. The van der Waals surface area contributed by atoms with Gasteiger partial charge in [-0.25, -0.2) is 4.98 Å². The Kier molecular flexibility index (Phi) is 8.72. The van der Waals surface area contributed by atoms with Crippen LogP contribution in [0.25, 0.3) is 22.2 Å². The minimum absolute atomic E-state index is 0.00665. The summed E-state index contributed by atoms with van der Waals surface area (Å²) < 4.78 is 22.3. The van der Waals surface area contributed by atoms with Gasteiger partial charge in [0.15, 0.2) is 0 Å². The molecule has 1 aliphatic rings.